The third kappa shape index (κ3) is 1.35. The van der Waals surface area contributed by atoms with Crippen LogP contribution in [0.5, 0.6) is 5.75 Å². The summed E-state index contributed by atoms with van der Waals surface area (Å²) < 4.78 is 11.8. The third-order valence-electron chi connectivity index (χ3n) is 4.89. The molecule has 2 bridgehead atoms. The molecule has 3 aliphatic rings. The topological polar surface area (TPSA) is 18.5 Å². The van der Waals surface area contributed by atoms with Crippen molar-refractivity contribution in [2.45, 2.75) is 31.8 Å². The Hall–Kier alpha value is -1.06. The van der Waals surface area contributed by atoms with Crippen molar-refractivity contribution in [3.8, 4) is 5.75 Å². The average Bonchev–Trinajstić information content (AvgIpc) is 2.78. The molecule has 0 unspecified atom stereocenters. The van der Waals surface area contributed by atoms with Crippen molar-refractivity contribution in [3.63, 3.8) is 0 Å². The van der Waals surface area contributed by atoms with E-state index < -0.39 is 8.07 Å². The first-order valence-electron chi connectivity index (χ1n) is 7.07. The van der Waals surface area contributed by atoms with Crippen molar-refractivity contribution in [2.75, 3.05) is 7.11 Å². The summed E-state index contributed by atoms with van der Waals surface area (Å²) in [6.07, 6.45) is 3.03. The van der Waals surface area contributed by atoms with Gasteiger partial charge in [0.2, 0.25) is 0 Å². The molecule has 1 saturated heterocycles. The summed E-state index contributed by atoms with van der Waals surface area (Å²) >= 11 is 0. The Labute approximate surface area is 115 Å². The van der Waals surface area contributed by atoms with Gasteiger partial charge in [0.05, 0.1) is 27.4 Å². The van der Waals surface area contributed by atoms with Gasteiger partial charge in [-0.2, -0.15) is 0 Å². The molecule has 4 atom stereocenters. The minimum Gasteiger partial charge on any atom is -0.496 e. The van der Waals surface area contributed by atoms with Crippen molar-refractivity contribution in [2.24, 2.45) is 11.8 Å². The van der Waals surface area contributed by atoms with Crippen molar-refractivity contribution >= 4 is 8.07 Å². The molecular formula is C16H20O2Si. The lowest BCUT2D eigenvalue weighted by Gasteiger charge is -2.43. The van der Waals surface area contributed by atoms with Crippen LogP contribution in [-0.4, -0.2) is 15.2 Å². The fraction of sp³-hybridized carbons (Fsp3) is 0.500. The molecule has 1 aromatic carbocycles. The summed E-state index contributed by atoms with van der Waals surface area (Å²) in [7, 11) is 0.553. The highest BCUT2D eigenvalue weighted by atomic mass is 28.3. The zero-order chi connectivity index (χ0) is 13.4. The number of methoxy groups -OCH3 is 1. The largest absolute Gasteiger partial charge is 0.496 e. The fourth-order valence-corrected chi connectivity index (χ4v) is 6.09. The Morgan fingerprint density at radius 2 is 1.95 bits per heavy atom. The average molecular weight is 272 g/mol. The Bertz CT molecular complexity index is 585. The van der Waals surface area contributed by atoms with E-state index in [0.29, 0.717) is 11.8 Å². The first kappa shape index (κ1) is 11.7. The summed E-state index contributed by atoms with van der Waals surface area (Å²) in [5.41, 5.74) is 2.68. The van der Waals surface area contributed by atoms with Crippen LogP contribution in [0.4, 0.5) is 0 Å². The fourth-order valence-electron chi connectivity index (χ4n) is 4.05. The van der Waals surface area contributed by atoms with Gasteiger partial charge in [0, 0.05) is 17.4 Å². The van der Waals surface area contributed by atoms with Crippen molar-refractivity contribution in [1.82, 2.24) is 0 Å². The van der Waals surface area contributed by atoms with Gasteiger partial charge in [0.1, 0.15) is 5.75 Å². The van der Waals surface area contributed by atoms with Gasteiger partial charge < -0.3 is 9.47 Å². The third-order valence-corrected chi connectivity index (χ3v) is 7.12. The summed E-state index contributed by atoms with van der Waals surface area (Å²) in [4.78, 5) is 0. The van der Waals surface area contributed by atoms with Gasteiger partial charge in [-0.05, 0) is 11.6 Å². The first-order chi connectivity index (χ1) is 9.02. The molecule has 0 aromatic heterocycles. The minimum atomic E-state index is -1.21. The molecule has 1 aliphatic carbocycles. The summed E-state index contributed by atoms with van der Waals surface area (Å²) in [5.74, 6) is 2.25. The monoisotopic (exact) mass is 272 g/mol. The molecule has 0 radical (unpaired) electrons. The van der Waals surface area contributed by atoms with Crippen LogP contribution >= 0.6 is 0 Å². The Balaban J connectivity index is 1.80. The second-order valence-electron chi connectivity index (χ2n) is 6.92. The molecule has 2 heterocycles. The van der Waals surface area contributed by atoms with Gasteiger partial charge in [-0.3, -0.25) is 0 Å². The molecule has 19 heavy (non-hydrogen) atoms. The van der Waals surface area contributed by atoms with Crippen LogP contribution in [0, 0.1) is 11.8 Å². The van der Waals surface area contributed by atoms with Crippen LogP contribution in [0.15, 0.2) is 29.5 Å². The number of rotatable bonds is 2. The second-order valence-corrected chi connectivity index (χ2v) is 12.0. The van der Waals surface area contributed by atoms with Crippen LogP contribution in [0.2, 0.25) is 19.6 Å². The zero-order valence-electron chi connectivity index (χ0n) is 11.9. The zero-order valence-corrected chi connectivity index (χ0v) is 12.9. The maximum Gasteiger partial charge on any atom is 0.125 e. The van der Waals surface area contributed by atoms with E-state index in [0.717, 1.165) is 5.75 Å². The smallest absolute Gasteiger partial charge is 0.125 e. The van der Waals surface area contributed by atoms with Gasteiger partial charge in [-0.25, -0.2) is 0 Å². The first-order valence-corrected chi connectivity index (χ1v) is 10.6. The number of hydrogen-bond donors (Lipinski definition) is 0. The standard InChI is InChI=1S/C16H20O2Si/c1-17-11-7-5-6-9-13(11)16-14-10(15(9)18-16)8-12(14)19(2,3)4/h5-8,10,14-16H,1-4H3/t10-,14-,15+,16-/m0/s1. The molecule has 0 saturated carbocycles. The second kappa shape index (κ2) is 3.52. The lowest BCUT2D eigenvalue weighted by atomic mass is 9.69. The van der Waals surface area contributed by atoms with Gasteiger partial charge in [0.25, 0.3) is 0 Å². The van der Waals surface area contributed by atoms with Crippen LogP contribution in [0.3, 0.4) is 0 Å². The summed E-state index contributed by atoms with van der Waals surface area (Å²) in [6.45, 7) is 7.30. The minimum absolute atomic E-state index is 0.243. The maximum atomic E-state index is 6.29. The van der Waals surface area contributed by atoms with Crippen molar-refractivity contribution in [3.05, 3.63) is 40.6 Å². The van der Waals surface area contributed by atoms with Crippen LogP contribution in [0.1, 0.15) is 23.3 Å². The highest BCUT2D eigenvalue weighted by Gasteiger charge is 2.59. The summed E-state index contributed by atoms with van der Waals surface area (Å²) in [6, 6.07) is 6.35. The van der Waals surface area contributed by atoms with Gasteiger partial charge in [-0.15, -0.1) is 0 Å². The van der Waals surface area contributed by atoms with E-state index >= 15 is 0 Å². The normalized spacial score (nSPS) is 34.4. The predicted molar refractivity (Wildman–Crippen MR) is 78.0 cm³/mol. The lowest BCUT2D eigenvalue weighted by Crippen LogP contribution is -2.41. The van der Waals surface area contributed by atoms with E-state index in [1.807, 2.05) is 0 Å². The summed E-state index contributed by atoms with van der Waals surface area (Å²) in [5, 5.41) is 1.70. The Morgan fingerprint density at radius 1 is 1.16 bits per heavy atom. The van der Waals surface area contributed by atoms with Crippen LogP contribution in [-0.2, 0) is 4.74 Å². The molecule has 2 nitrogen and oxygen atoms in total. The molecule has 1 fully saturated rings. The van der Waals surface area contributed by atoms with Gasteiger partial charge >= 0.3 is 0 Å². The quantitative estimate of drug-likeness (QED) is 0.761. The number of benzene rings is 1. The lowest BCUT2D eigenvalue weighted by molar-refractivity contribution is 0.0613. The van der Waals surface area contributed by atoms with E-state index in [4.69, 9.17) is 9.47 Å². The van der Waals surface area contributed by atoms with Crippen LogP contribution < -0.4 is 4.74 Å². The van der Waals surface area contributed by atoms with E-state index in [1.54, 1.807) is 12.3 Å². The van der Waals surface area contributed by atoms with Gasteiger partial charge in [0.15, 0.2) is 0 Å². The van der Waals surface area contributed by atoms with E-state index in [-0.39, 0.29) is 12.2 Å². The van der Waals surface area contributed by atoms with Crippen molar-refractivity contribution < 1.29 is 9.47 Å². The van der Waals surface area contributed by atoms with Gasteiger partial charge in [-0.1, -0.05) is 43.0 Å². The highest BCUT2D eigenvalue weighted by molar-refractivity contribution is 6.83. The predicted octanol–water partition coefficient (Wildman–Crippen LogP) is 3.87. The van der Waals surface area contributed by atoms with E-state index in [2.05, 4.69) is 43.9 Å². The molecule has 0 spiro atoms. The maximum absolute atomic E-state index is 6.29. The molecule has 3 heteroatoms. The molecular weight excluding hydrogens is 252 g/mol. The molecule has 1 aromatic rings. The molecule has 100 valence electrons. The molecule has 0 N–H and O–H groups in total. The molecule has 0 amide bonds. The molecule has 4 rings (SSSR count). The SMILES string of the molecule is COc1cccc2c1[C@@H]1O[C@H]2[C@H]2C=C([Si](C)(C)C)[C@H]21. The number of ether oxygens (including phenoxy) is 2. The Kier molecular flexibility index (Phi) is 2.18. The van der Waals surface area contributed by atoms with E-state index in [1.165, 1.54) is 11.1 Å². The number of fused-ring (bicyclic) bond motifs is 8. The van der Waals surface area contributed by atoms with E-state index in [9.17, 15) is 0 Å². The highest BCUT2D eigenvalue weighted by Crippen LogP contribution is 2.66. The van der Waals surface area contributed by atoms with Crippen LogP contribution in [0.25, 0.3) is 0 Å². The van der Waals surface area contributed by atoms with Crippen molar-refractivity contribution in [1.29, 1.82) is 0 Å². The number of hydrogen-bond acceptors (Lipinski definition) is 2. The molecule has 2 aliphatic heterocycles. The Morgan fingerprint density at radius 3 is 2.63 bits per heavy atom.